The van der Waals surface area contributed by atoms with Gasteiger partial charge in [0.25, 0.3) is 5.91 Å². The average molecular weight is 444 g/mol. The molecule has 1 aliphatic heterocycles. The molecule has 0 spiro atoms. The number of benzene rings is 1. The summed E-state index contributed by atoms with van der Waals surface area (Å²) in [6.45, 7) is 4.51. The van der Waals surface area contributed by atoms with Crippen molar-refractivity contribution >= 4 is 29.5 Å². The van der Waals surface area contributed by atoms with Gasteiger partial charge in [-0.1, -0.05) is 35.9 Å². The van der Waals surface area contributed by atoms with E-state index >= 15 is 0 Å². The number of nitrogens with one attached hydrogen (secondary N) is 1. The molecule has 3 aromatic rings. The van der Waals surface area contributed by atoms with Gasteiger partial charge in [-0.15, -0.1) is 5.10 Å². The van der Waals surface area contributed by atoms with Crippen LogP contribution in [-0.4, -0.2) is 55.4 Å². The third-order valence-corrected chi connectivity index (χ3v) is 5.39. The van der Waals surface area contributed by atoms with Gasteiger partial charge in [0.15, 0.2) is 5.69 Å². The van der Waals surface area contributed by atoms with Crippen molar-refractivity contribution in [2.75, 3.05) is 18.8 Å². The minimum absolute atomic E-state index is 0.0596. The van der Waals surface area contributed by atoms with Gasteiger partial charge in [-0.05, 0) is 59.9 Å². The van der Waals surface area contributed by atoms with Crippen molar-refractivity contribution in [1.29, 1.82) is 0 Å². The van der Waals surface area contributed by atoms with E-state index in [-0.39, 0.29) is 17.3 Å². The number of aromatic nitrogens is 5. The second-order valence-electron chi connectivity index (χ2n) is 7.48. The van der Waals surface area contributed by atoms with Crippen molar-refractivity contribution in [2.45, 2.75) is 26.3 Å². The summed E-state index contributed by atoms with van der Waals surface area (Å²) in [7, 11) is 0. The van der Waals surface area contributed by atoms with Gasteiger partial charge in [-0.3, -0.25) is 9.69 Å². The normalized spacial score (nSPS) is 15.5. The highest BCUT2D eigenvalue weighted by atomic mass is 35.5. The molecule has 162 valence electrons. The van der Waals surface area contributed by atoms with E-state index in [1.54, 1.807) is 18.2 Å². The van der Waals surface area contributed by atoms with E-state index < -0.39 is 5.91 Å². The molecule has 0 aliphatic carbocycles. The molecule has 0 saturated carbocycles. The molecule has 2 aromatic heterocycles. The Morgan fingerprint density at radius 1 is 1.39 bits per heavy atom. The zero-order valence-corrected chi connectivity index (χ0v) is 17.7. The molecule has 31 heavy (non-hydrogen) atoms. The van der Waals surface area contributed by atoms with Crippen LogP contribution in [0.25, 0.3) is 5.82 Å². The van der Waals surface area contributed by atoms with Crippen molar-refractivity contribution in [3.63, 3.8) is 0 Å². The maximum Gasteiger partial charge on any atom is 0.293 e. The lowest BCUT2D eigenvalue weighted by atomic mass is 9.99. The third-order valence-electron chi connectivity index (χ3n) is 5.15. The number of halogens is 1. The molecule has 0 unspecified atom stereocenters. The minimum Gasteiger partial charge on any atom is -0.378 e. The molecule has 0 atom stereocenters. The molecule has 3 N–H and O–H groups in total. The quantitative estimate of drug-likeness (QED) is 0.434. The standard InChI is InChI=1S/C19H22ClN9O2/c1-12-5-7-28(8-6-12)11-15-16(23-27-29(15)18-17(21)25-31-26-18)19(30)24-22-10-13-3-2-4-14(20)9-13/h2-4,9-10,12H,5-8,11H2,1H3,(H2,21,25)(H,24,30)/b22-10+. The van der Waals surface area contributed by atoms with Gasteiger partial charge >= 0.3 is 0 Å². The summed E-state index contributed by atoms with van der Waals surface area (Å²) in [5.41, 5.74) is 9.73. The van der Waals surface area contributed by atoms with Crippen LogP contribution in [-0.2, 0) is 6.54 Å². The molecule has 1 amide bonds. The minimum atomic E-state index is -0.500. The zero-order valence-electron chi connectivity index (χ0n) is 16.9. The molecular weight excluding hydrogens is 422 g/mol. The molecule has 0 bridgehead atoms. The molecule has 4 rings (SSSR count). The van der Waals surface area contributed by atoms with Crippen LogP contribution in [0.4, 0.5) is 5.82 Å². The first kappa shape index (κ1) is 20.9. The Kier molecular flexibility index (Phi) is 6.23. The highest BCUT2D eigenvalue weighted by molar-refractivity contribution is 6.30. The lowest BCUT2D eigenvalue weighted by Gasteiger charge is -2.30. The van der Waals surface area contributed by atoms with Crippen LogP contribution in [0.1, 0.15) is 41.5 Å². The SMILES string of the molecule is CC1CCN(Cc2c(C(=O)N/N=C/c3cccc(Cl)c3)nnn2-c2nonc2N)CC1. The van der Waals surface area contributed by atoms with Crippen molar-refractivity contribution in [3.05, 3.63) is 46.2 Å². The van der Waals surface area contributed by atoms with Gasteiger partial charge in [-0.25, -0.2) is 10.1 Å². The number of piperidine rings is 1. The van der Waals surface area contributed by atoms with E-state index in [0.29, 0.717) is 23.2 Å². The maximum absolute atomic E-state index is 12.8. The Morgan fingerprint density at radius 3 is 2.90 bits per heavy atom. The smallest absolute Gasteiger partial charge is 0.293 e. The van der Waals surface area contributed by atoms with Gasteiger partial charge in [0, 0.05) is 11.6 Å². The number of anilines is 1. The predicted molar refractivity (Wildman–Crippen MR) is 114 cm³/mol. The summed E-state index contributed by atoms with van der Waals surface area (Å²) in [6.07, 6.45) is 3.67. The lowest BCUT2D eigenvalue weighted by molar-refractivity contribution is 0.0947. The second-order valence-corrected chi connectivity index (χ2v) is 7.92. The zero-order chi connectivity index (χ0) is 21.8. The van der Waals surface area contributed by atoms with Crippen LogP contribution < -0.4 is 11.2 Å². The molecule has 12 heteroatoms. The predicted octanol–water partition coefficient (Wildman–Crippen LogP) is 1.88. The Bertz CT molecular complexity index is 1090. The summed E-state index contributed by atoms with van der Waals surface area (Å²) in [6, 6.07) is 7.11. The highest BCUT2D eigenvalue weighted by Crippen LogP contribution is 2.21. The molecule has 0 radical (unpaired) electrons. The van der Waals surface area contributed by atoms with Gasteiger partial charge in [0.2, 0.25) is 11.6 Å². The number of nitrogens with zero attached hydrogens (tertiary/aromatic N) is 7. The van der Waals surface area contributed by atoms with Crippen molar-refractivity contribution in [2.24, 2.45) is 11.0 Å². The topological polar surface area (TPSA) is 140 Å². The molecular formula is C19H22ClN9O2. The van der Waals surface area contributed by atoms with E-state index in [1.807, 2.05) is 6.07 Å². The van der Waals surface area contributed by atoms with Crippen LogP contribution in [0.5, 0.6) is 0 Å². The van der Waals surface area contributed by atoms with Gasteiger partial charge in [0.05, 0.1) is 11.9 Å². The van der Waals surface area contributed by atoms with Crippen LogP contribution >= 0.6 is 11.6 Å². The first-order valence-electron chi connectivity index (χ1n) is 9.85. The Labute approximate surface area is 183 Å². The summed E-state index contributed by atoms with van der Waals surface area (Å²) in [4.78, 5) is 15.0. The summed E-state index contributed by atoms with van der Waals surface area (Å²) in [5.74, 6) is 0.428. The number of hydrazone groups is 1. The van der Waals surface area contributed by atoms with Gasteiger partial charge in [0.1, 0.15) is 0 Å². The molecule has 1 aliphatic rings. The van der Waals surface area contributed by atoms with Crippen LogP contribution in [0.3, 0.4) is 0 Å². The van der Waals surface area contributed by atoms with Gasteiger partial charge < -0.3 is 5.73 Å². The second kappa shape index (κ2) is 9.23. The number of nitrogen functional groups attached to an aromatic ring is 1. The van der Waals surface area contributed by atoms with Crippen molar-refractivity contribution in [3.8, 4) is 5.82 Å². The molecule has 1 aromatic carbocycles. The number of amides is 1. The number of likely N-dealkylation sites (tertiary alicyclic amines) is 1. The molecule has 1 fully saturated rings. The third kappa shape index (κ3) is 4.89. The number of nitrogens with two attached hydrogens (primary N) is 1. The summed E-state index contributed by atoms with van der Waals surface area (Å²) >= 11 is 5.97. The summed E-state index contributed by atoms with van der Waals surface area (Å²) < 4.78 is 6.08. The largest absolute Gasteiger partial charge is 0.378 e. The molecule has 3 heterocycles. The maximum atomic E-state index is 12.8. The lowest BCUT2D eigenvalue weighted by Crippen LogP contribution is -2.34. The number of carbonyl (C=O) groups is 1. The van der Waals surface area contributed by atoms with Crippen molar-refractivity contribution < 1.29 is 9.42 Å². The van der Waals surface area contributed by atoms with Crippen LogP contribution in [0, 0.1) is 5.92 Å². The van der Waals surface area contributed by atoms with E-state index in [0.717, 1.165) is 31.5 Å². The monoisotopic (exact) mass is 443 g/mol. The highest BCUT2D eigenvalue weighted by Gasteiger charge is 2.26. The Balaban J connectivity index is 1.56. The number of hydrogen-bond acceptors (Lipinski definition) is 9. The number of hydrogen-bond donors (Lipinski definition) is 2. The number of rotatable bonds is 6. The van der Waals surface area contributed by atoms with E-state index in [4.69, 9.17) is 17.3 Å². The Hall–Kier alpha value is -3.31. The first-order valence-corrected chi connectivity index (χ1v) is 10.2. The van der Waals surface area contributed by atoms with E-state index in [1.165, 1.54) is 10.9 Å². The van der Waals surface area contributed by atoms with Crippen molar-refractivity contribution in [1.82, 2.24) is 35.6 Å². The number of carbonyl (C=O) groups excluding carboxylic acids is 1. The van der Waals surface area contributed by atoms with E-state index in [9.17, 15) is 4.79 Å². The van der Waals surface area contributed by atoms with Crippen LogP contribution in [0.15, 0.2) is 34.0 Å². The first-order chi connectivity index (χ1) is 15.0. The Morgan fingerprint density at radius 2 is 2.19 bits per heavy atom. The average Bonchev–Trinajstić information content (AvgIpc) is 3.35. The molecule has 11 nitrogen and oxygen atoms in total. The fourth-order valence-corrected chi connectivity index (χ4v) is 3.56. The fourth-order valence-electron chi connectivity index (χ4n) is 3.37. The van der Waals surface area contributed by atoms with E-state index in [2.05, 4.69) is 47.6 Å². The molecule has 1 saturated heterocycles. The fraction of sp³-hybridized carbons (Fsp3) is 0.368. The van der Waals surface area contributed by atoms with Crippen LogP contribution in [0.2, 0.25) is 5.02 Å². The summed E-state index contributed by atoms with van der Waals surface area (Å²) in [5, 5.41) is 20.1. The van der Waals surface area contributed by atoms with Gasteiger partial charge in [-0.2, -0.15) is 9.78 Å².